The second-order valence-electron chi connectivity index (χ2n) is 6.20. The summed E-state index contributed by atoms with van der Waals surface area (Å²) in [5.74, 6) is -0.0174. The van der Waals surface area contributed by atoms with Gasteiger partial charge < -0.3 is 15.0 Å². The Balaban J connectivity index is 1.82. The molecule has 0 radical (unpaired) electrons. The van der Waals surface area contributed by atoms with Crippen LogP contribution in [0.4, 0.5) is 11.4 Å². The summed E-state index contributed by atoms with van der Waals surface area (Å²) < 4.78 is 5.53. The Bertz CT molecular complexity index is 989. The van der Waals surface area contributed by atoms with E-state index in [-0.39, 0.29) is 11.6 Å². The minimum Gasteiger partial charge on any atom is -0.492 e. The number of amides is 2. The maximum atomic E-state index is 13.0. The van der Waals surface area contributed by atoms with Gasteiger partial charge in [-0.2, -0.15) is 0 Å². The van der Waals surface area contributed by atoms with Crippen LogP contribution in [0.3, 0.4) is 0 Å². The minimum absolute atomic E-state index is 0.159. The number of ether oxygens (including phenoxy) is 1. The molecule has 3 rings (SSSR count). The van der Waals surface area contributed by atoms with Gasteiger partial charge in [0.05, 0.1) is 12.3 Å². The number of nitrogens with one attached hydrogen (secondary N) is 1. The van der Waals surface area contributed by atoms with Crippen LogP contribution in [0, 0.1) is 0 Å². The number of carbonyl (C=O) groups excluding carboxylic acids is 2. The van der Waals surface area contributed by atoms with Crippen molar-refractivity contribution in [3.8, 4) is 5.75 Å². The molecular formula is C23H23N3O3. The molecule has 0 spiro atoms. The molecule has 0 saturated heterocycles. The number of hydrogen-bond acceptors (Lipinski definition) is 4. The molecule has 0 aliphatic heterocycles. The molecule has 6 nitrogen and oxygen atoms in total. The van der Waals surface area contributed by atoms with Crippen molar-refractivity contribution < 1.29 is 14.3 Å². The van der Waals surface area contributed by atoms with E-state index in [1.165, 1.54) is 12.3 Å². The number of para-hydroxylation sites is 3. The van der Waals surface area contributed by atoms with Crippen LogP contribution >= 0.6 is 0 Å². The molecule has 0 unspecified atom stereocenters. The number of rotatable bonds is 7. The average Bonchev–Trinajstić information content (AvgIpc) is 2.76. The van der Waals surface area contributed by atoms with Crippen molar-refractivity contribution in [1.82, 2.24) is 4.98 Å². The molecule has 0 aliphatic carbocycles. The van der Waals surface area contributed by atoms with E-state index in [4.69, 9.17) is 4.74 Å². The lowest BCUT2D eigenvalue weighted by molar-refractivity contribution is 0.0988. The van der Waals surface area contributed by atoms with Gasteiger partial charge in [-0.15, -0.1) is 0 Å². The van der Waals surface area contributed by atoms with Crippen LogP contribution in [-0.2, 0) is 0 Å². The summed E-state index contributed by atoms with van der Waals surface area (Å²) in [6, 6.07) is 19.7. The van der Waals surface area contributed by atoms with Gasteiger partial charge in [0.2, 0.25) is 0 Å². The first-order valence-electron chi connectivity index (χ1n) is 9.50. The molecule has 1 aromatic heterocycles. The topological polar surface area (TPSA) is 71.5 Å². The number of pyridine rings is 1. The van der Waals surface area contributed by atoms with E-state index in [0.29, 0.717) is 30.2 Å². The number of nitrogens with zero attached hydrogens (tertiary/aromatic N) is 2. The van der Waals surface area contributed by atoms with Gasteiger partial charge in [-0.25, -0.2) is 0 Å². The van der Waals surface area contributed by atoms with Crippen LogP contribution in [0.2, 0.25) is 0 Å². The number of carbonyl (C=O) groups is 2. The fourth-order valence-electron chi connectivity index (χ4n) is 2.93. The summed E-state index contributed by atoms with van der Waals surface area (Å²) in [6.07, 6.45) is 1.47. The predicted octanol–water partition coefficient (Wildman–Crippen LogP) is 4.40. The third-order valence-electron chi connectivity index (χ3n) is 4.30. The molecule has 148 valence electrons. The van der Waals surface area contributed by atoms with Crippen molar-refractivity contribution in [2.24, 2.45) is 0 Å². The molecule has 0 aliphatic rings. The Hall–Kier alpha value is -3.67. The number of anilines is 2. The maximum absolute atomic E-state index is 13.0. The molecule has 3 aromatic rings. The lowest BCUT2D eigenvalue weighted by atomic mass is 10.1. The zero-order chi connectivity index (χ0) is 20.6. The SMILES string of the molecule is CCOc1ccccc1NC(=O)c1cc(C(=O)N(CC)c2ccccc2)ccn1. The molecule has 0 bridgehead atoms. The fourth-order valence-corrected chi connectivity index (χ4v) is 2.93. The van der Waals surface area contributed by atoms with Crippen molar-refractivity contribution in [2.75, 3.05) is 23.4 Å². The maximum Gasteiger partial charge on any atom is 0.274 e. The minimum atomic E-state index is -0.408. The van der Waals surface area contributed by atoms with Gasteiger partial charge in [-0.1, -0.05) is 30.3 Å². The Kier molecular flexibility index (Phi) is 6.58. The van der Waals surface area contributed by atoms with E-state index in [2.05, 4.69) is 10.3 Å². The first-order chi connectivity index (χ1) is 14.1. The van der Waals surface area contributed by atoms with Gasteiger partial charge in [0, 0.05) is 24.0 Å². The van der Waals surface area contributed by atoms with Crippen LogP contribution < -0.4 is 15.0 Å². The van der Waals surface area contributed by atoms with Gasteiger partial charge >= 0.3 is 0 Å². The van der Waals surface area contributed by atoms with E-state index in [0.717, 1.165) is 5.69 Å². The molecule has 0 atom stereocenters. The summed E-state index contributed by atoms with van der Waals surface area (Å²) in [6.45, 7) is 4.78. The zero-order valence-corrected chi connectivity index (χ0v) is 16.5. The second-order valence-corrected chi connectivity index (χ2v) is 6.20. The fraction of sp³-hybridized carbons (Fsp3) is 0.174. The van der Waals surface area contributed by atoms with E-state index < -0.39 is 5.91 Å². The first kappa shape index (κ1) is 20.1. The lowest BCUT2D eigenvalue weighted by Crippen LogP contribution is -2.30. The first-order valence-corrected chi connectivity index (χ1v) is 9.50. The van der Waals surface area contributed by atoms with Crippen LogP contribution in [0.5, 0.6) is 5.75 Å². The monoisotopic (exact) mass is 389 g/mol. The van der Waals surface area contributed by atoms with Crippen molar-refractivity contribution in [1.29, 1.82) is 0 Å². The van der Waals surface area contributed by atoms with Crippen LogP contribution in [0.15, 0.2) is 72.9 Å². The average molecular weight is 389 g/mol. The second kappa shape index (κ2) is 9.50. The zero-order valence-electron chi connectivity index (χ0n) is 16.5. The van der Waals surface area contributed by atoms with E-state index in [1.54, 1.807) is 23.1 Å². The van der Waals surface area contributed by atoms with Gasteiger partial charge in [0.15, 0.2) is 0 Å². The molecule has 1 heterocycles. The quantitative estimate of drug-likeness (QED) is 0.650. The van der Waals surface area contributed by atoms with Gasteiger partial charge in [0.1, 0.15) is 11.4 Å². The van der Waals surface area contributed by atoms with Crippen molar-refractivity contribution in [2.45, 2.75) is 13.8 Å². The Morgan fingerprint density at radius 3 is 2.45 bits per heavy atom. The molecule has 0 fully saturated rings. The molecule has 6 heteroatoms. The third kappa shape index (κ3) is 4.79. The smallest absolute Gasteiger partial charge is 0.274 e. The van der Waals surface area contributed by atoms with E-state index in [9.17, 15) is 9.59 Å². The van der Waals surface area contributed by atoms with E-state index in [1.807, 2.05) is 56.3 Å². The van der Waals surface area contributed by atoms with E-state index >= 15 is 0 Å². The number of benzene rings is 2. The van der Waals surface area contributed by atoms with Crippen molar-refractivity contribution in [3.05, 3.63) is 84.2 Å². The standard InChI is InChI=1S/C23H23N3O3/c1-3-26(18-10-6-5-7-11-18)23(28)17-14-15-24-20(16-17)22(27)25-19-12-8-9-13-21(19)29-4-2/h5-16H,3-4H2,1-2H3,(H,25,27). The van der Waals surface area contributed by atoms with Gasteiger partial charge in [-0.3, -0.25) is 14.6 Å². The number of hydrogen-bond donors (Lipinski definition) is 1. The van der Waals surface area contributed by atoms with Crippen molar-refractivity contribution >= 4 is 23.2 Å². The summed E-state index contributed by atoms with van der Waals surface area (Å²) in [7, 11) is 0. The molecule has 29 heavy (non-hydrogen) atoms. The molecular weight excluding hydrogens is 366 g/mol. The van der Waals surface area contributed by atoms with Crippen LogP contribution in [0.25, 0.3) is 0 Å². The highest BCUT2D eigenvalue weighted by molar-refractivity contribution is 6.09. The van der Waals surface area contributed by atoms with Crippen LogP contribution in [-0.4, -0.2) is 29.9 Å². The molecule has 2 amide bonds. The highest BCUT2D eigenvalue weighted by Crippen LogP contribution is 2.24. The van der Waals surface area contributed by atoms with Crippen LogP contribution in [0.1, 0.15) is 34.7 Å². The molecule has 1 N–H and O–H groups in total. The van der Waals surface area contributed by atoms with Gasteiger partial charge in [-0.05, 0) is 50.2 Å². The molecule has 0 saturated carbocycles. The largest absolute Gasteiger partial charge is 0.492 e. The summed E-state index contributed by atoms with van der Waals surface area (Å²) in [5.41, 5.74) is 1.91. The summed E-state index contributed by atoms with van der Waals surface area (Å²) >= 11 is 0. The Morgan fingerprint density at radius 1 is 1.00 bits per heavy atom. The Labute approximate surface area is 170 Å². The lowest BCUT2D eigenvalue weighted by Gasteiger charge is -2.21. The van der Waals surface area contributed by atoms with Gasteiger partial charge in [0.25, 0.3) is 11.8 Å². The Morgan fingerprint density at radius 2 is 1.72 bits per heavy atom. The summed E-state index contributed by atoms with van der Waals surface area (Å²) in [5, 5.41) is 2.80. The predicted molar refractivity (Wildman–Crippen MR) is 114 cm³/mol. The highest BCUT2D eigenvalue weighted by Gasteiger charge is 2.18. The summed E-state index contributed by atoms with van der Waals surface area (Å²) in [4.78, 5) is 31.5. The highest BCUT2D eigenvalue weighted by atomic mass is 16.5. The van der Waals surface area contributed by atoms with Crippen molar-refractivity contribution in [3.63, 3.8) is 0 Å². The molecule has 2 aromatic carbocycles. The number of aromatic nitrogens is 1. The third-order valence-corrected chi connectivity index (χ3v) is 4.30. The normalized spacial score (nSPS) is 10.3.